The fraction of sp³-hybridized carbons (Fsp3) is 0.476. The van der Waals surface area contributed by atoms with Gasteiger partial charge in [0.25, 0.3) is 0 Å². The van der Waals surface area contributed by atoms with Crippen LogP contribution >= 0.6 is 0 Å². The Hall–Kier alpha value is -3.30. The summed E-state index contributed by atoms with van der Waals surface area (Å²) in [6, 6.07) is 28.3. The summed E-state index contributed by atoms with van der Waals surface area (Å²) >= 11 is 0. The van der Waals surface area contributed by atoms with Gasteiger partial charge in [-0.2, -0.15) is 0 Å². The zero-order chi connectivity index (χ0) is 31.2. The van der Waals surface area contributed by atoms with E-state index >= 15 is 0 Å². The standard InChI is InChI=1S/C42H52N2O/c1-44(2)26-25-30-17-19-34(20-18-30)38-28-36-15-9-10-16-37(36)39(29-41(45)40(43)27-31-11-5-3-6-12-31)42(38)35-23-21-33(22-24-35)32-13-7-4-8-14-32/h3,5-6,9-12,15-16,21-24,28,30,32,34,39,42-43H,4,7-8,13-14,17-20,25-27,29H2,1-2H3. The maximum Gasteiger partial charge on any atom is 0.177 e. The zero-order valence-electron chi connectivity index (χ0n) is 27.5. The van der Waals surface area contributed by atoms with Gasteiger partial charge in [0.2, 0.25) is 0 Å². The van der Waals surface area contributed by atoms with Gasteiger partial charge in [0, 0.05) is 24.7 Å². The molecule has 3 nitrogen and oxygen atoms in total. The van der Waals surface area contributed by atoms with Crippen molar-refractivity contribution in [1.29, 1.82) is 5.41 Å². The highest BCUT2D eigenvalue weighted by molar-refractivity contribution is 6.39. The molecule has 3 heteroatoms. The summed E-state index contributed by atoms with van der Waals surface area (Å²) in [7, 11) is 4.36. The third-order valence-corrected chi connectivity index (χ3v) is 11.1. The van der Waals surface area contributed by atoms with Crippen LogP contribution in [0.2, 0.25) is 0 Å². The van der Waals surface area contributed by atoms with Crippen molar-refractivity contribution in [2.45, 2.75) is 94.8 Å². The number of ketones is 1. The smallest absolute Gasteiger partial charge is 0.177 e. The number of nitrogens with zero attached hydrogens (tertiary/aromatic N) is 1. The molecule has 3 aromatic rings. The number of benzene rings is 3. The molecule has 0 aliphatic heterocycles. The van der Waals surface area contributed by atoms with Crippen molar-refractivity contribution >= 4 is 17.6 Å². The highest BCUT2D eigenvalue weighted by Crippen LogP contribution is 2.52. The van der Waals surface area contributed by atoms with Crippen LogP contribution in [-0.2, 0) is 11.2 Å². The van der Waals surface area contributed by atoms with Gasteiger partial charge >= 0.3 is 0 Å². The molecule has 2 atom stereocenters. The highest BCUT2D eigenvalue weighted by atomic mass is 16.1. The Bertz CT molecular complexity index is 1460. The van der Waals surface area contributed by atoms with E-state index in [1.165, 1.54) is 98.6 Å². The molecular formula is C42H52N2O. The van der Waals surface area contributed by atoms with Crippen LogP contribution in [0.5, 0.6) is 0 Å². The van der Waals surface area contributed by atoms with Crippen LogP contribution in [0.25, 0.3) is 6.08 Å². The van der Waals surface area contributed by atoms with Gasteiger partial charge in [-0.25, -0.2) is 0 Å². The van der Waals surface area contributed by atoms with Gasteiger partial charge < -0.3 is 10.3 Å². The van der Waals surface area contributed by atoms with E-state index in [2.05, 4.69) is 73.6 Å². The number of fused-ring (bicyclic) bond motifs is 1. The first-order valence-corrected chi connectivity index (χ1v) is 17.7. The average molecular weight is 601 g/mol. The molecule has 1 N–H and O–H groups in total. The second-order valence-corrected chi connectivity index (χ2v) is 14.4. The Morgan fingerprint density at radius 3 is 2.13 bits per heavy atom. The number of hydrogen-bond donors (Lipinski definition) is 1. The zero-order valence-corrected chi connectivity index (χ0v) is 27.5. The molecule has 0 amide bonds. The summed E-state index contributed by atoms with van der Waals surface area (Å²) in [6.07, 6.45) is 16.3. The highest BCUT2D eigenvalue weighted by Gasteiger charge is 2.38. The van der Waals surface area contributed by atoms with Crippen LogP contribution in [0, 0.1) is 17.2 Å². The molecule has 45 heavy (non-hydrogen) atoms. The van der Waals surface area contributed by atoms with E-state index in [9.17, 15) is 4.79 Å². The SMILES string of the molecule is CN(C)CCC1CCC(C2=Cc3ccccc3C(CC(=O)C(=N)Cc3ccccc3)C2c2ccc(C3CCCCC3)cc2)CC1. The Kier molecular flexibility index (Phi) is 10.5. The molecule has 3 aliphatic carbocycles. The van der Waals surface area contributed by atoms with Gasteiger partial charge in [0.15, 0.2) is 5.78 Å². The minimum absolute atomic E-state index is 0.0175. The molecule has 0 spiro atoms. The third kappa shape index (κ3) is 7.75. The summed E-state index contributed by atoms with van der Waals surface area (Å²) in [5.41, 5.74) is 8.14. The normalized spacial score (nSPS) is 23.8. The molecule has 0 heterocycles. The van der Waals surface area contributed by atoms with E-state index in [1.54, 1.807) is 0 Å². The van der Waals surface area contributed by atoms with Crippen molar-refractivity contribution in [3.8, 4) is 0 Å². The summed E-state index contributed by atoms with van der Waals surface area (Å²) in [5, 5.41) is 8.82. The molecule has 0 aromatic heterocycles. The minimum Gasteiger partial charge on any atom is -0.309 e. The third-order valence-electron chi connectivity index (χ3n) is 11.1. The van der Waals surface area contributed by atoms with E-state index in [0.717, 1.165) is 11.5 Å². The van der Waals surface area contributed by atoms with Crippen LogP contribution in [-0.4, -0.2) is 37.0 Å². The van der Waals surface area contributed by atoms with Crippen molar-refractivity contribution in [3.63, 3.8) is 0 Å². The van der Waals surface area contributed by atoms with Crippen molar-refractivity contribution in [2.24, 2.45) is 11.8 Å². The lowest BCUT2D eigenvalue weighted by molar-refractivity contribution is -0.113. The van der Waals surface area contributed by atoms with E-state index in [1.807, 2.05) is 30.3 Å². The number of nitrogens with one attached hydrogen (secondary N) is 1. The monoisotopic (exact) mass is 600 g/mol. The second-order valence-electron chi connectivity index (χ2n) is 14.4. The predicted octanol–water partition coefficient (Wildman–Crippen LogP) is 9.98. The molecule has 2 fully saturated rings. The molecule has 6 rings (SSSR count). The van der Waals surface area contributed by atoms with Crippen molar-refractivity contribution in [3.05, 3.63) is 112 Å². The van der Waals surface area contributed by atoms with Gasteiger partial charge in [-0.3, -0.25) is 4.79 Å². The van der Waals surface area contributed by atoms with E-state index in [4.69, 9.17) is 5.41 Å². The average Bonchev–Trinajstić information content (AvgIpc) is 3.08. The van der Waals surface area contributed by atoms with E-state index in [0.29, 0.717) is 24.7 Å². The lowest BCUT2D eigenvalue weighted by atomic mass is 9.63. The minimum atomic E-state index is -0.0175. The fourth-order valence-electron chi connectivity index (χ4n) is 8.54. The van der Waals surface area contributed by atoms with Crippen molar-refractivity contribution in [2.75, 3.05) is 20.6 Å². The van der Waals surface area contributed by atoms with Crippen LogP contribution in [0.1, 0.15) is 116 Å². The van der Waals surface area contributed by atoms with Gasteiger partial charge in [-0.15, -0.1) is 0 Å². The Balaban J connectivity index is 1.31. The van der Waals surface area contributed by atoms with Gasteiger partial charge in [-0.1, -0.05) is 110 Å². The summed E-state index contributed by atoms with van der Waals surface area (Å²) in [6.45, 7) is 1.17. The van der Waals surface area contributed by atoms with Gasteiger partial charge in [-0.05, 0) is 111 Å². The maximum absolute atomic E-state index is 13.9. The first-order valence-electron chi connectivity index (χ1n) is 17.7. The summed E-state index contributed by atoms with van der Waals surface area (Å²) in [5.74, 6) is 2.22. The van der Waals surface area contributed by atoms with Crippen LogP contribution < -0.4 is 0 Å². The number of Topliss-reactive ketones (excluding diaryl/α,β-unsaturated/α-hetero) is 1. The number of carbonyl (C=O) groups is 1. The predicted molar refractivity (Wildman–Crippen MR) is 188 cm³/mol. The molecule has 3 aliphatic rings. The van der Waals surface area contributed by atoms with Crippen LogP contribution in [0.3, 0.4) is 0 Å². The number of rotatable bonds is 11. The summed E-state index contributed by atoms with van der Waals surface area (Å²) in [4.78, 5) is 16.2. The van der Waals surface area contributed by atoms with Gasteiger partial charge in [0.05, 0.1) is 5.71 Å². The Morgan fingerprint density at radius 1 is 0.756 bits per heavy atom. The van der Waals surface area contributed by atoms with E-state index in [-0.39, 0.29) is 23.3 Å². The topological polar surface area (TPSA) is 44.2 Å². The number of allylic oxidation sites excluding steroid dienone is 1. The largest absolute Gasteiger partial charge is 0.309 e. The first kappa shape index (κ1) is 31.7. The fourth-order valence-corrected chi connectivity index (χ4v) is 8.54. The number of hydrogen-bond acceptors (Lipinski definition) is 3. The molecule has 0 radical (unpaired) electrons. The first-order chi connectivity index (χ1) is 22.0. The molecular weight excluding hydrogens is 548 g/mol. The maximum atomic E-state index is 13.9. The van der Waals surface area contributed by atoms with Crippen LogP contribution in [0.15, 0.2) is 84.4 Å². The second kappa shape index (κ2) is 14.9. The Labute approximate surface area is 271 Å². The molecule has 3 aromatic carbocycles. The quantitative estimate of drug-likeness (QED) is 0.223. The van der Waals surface area contributed by atoms with Crippen molar-refractivity contribution < 1.29 is 4.79 Å². The van der Waals surface area contributed by atoms with Crippen molar-refractivity contribution in [1.82, 2.24) is 4.90 Å². The molecule has 0 bridgehead atoms. The molecule has 2 unspecified atom stereocenters. The Morgan fingerprint density at radius 2 is 1.42 bits per heavy atom. The number of carbonyl (C=O) groups excluding carboxylic acids is 1. The van der Waals surface area contributed by atoms with Crippen LogP contribution in [0.4, 0.5) is 0 Å². The summed E-state index contributed by atoms with van der Waals surface area (Å²) < 4.78 is 0. The van der Waals surface area contributed by atoms with E-state index < -0.39 is 0 Å². The molecule has 0 saturated heterocycles. The molecule has 2 saturated carbocycles. The lowest BCUT2D eigenvalue weighted by Gasteiger charge is -2.40. The van der Waals surface area contributed by atoms with Gasteiger partial charge in [0.1, 0.15) is 0 Å². The molecule has 236 valence electrons. The lowest BCUT2D eigenvalue weighted by Crippen LogP contribution is -2.29.